The molecule has 0 bridgehead atoms. The molecule has 0 spiro atoms. The monoisotopic (exact) mass is 397 g/mol. The second-order valence-corrected chi connectivity index (χ2v) is 9.07. The zero-order valence-electron chi connectivity index (χ0n) is 16.5. The summed E-state index contributed by atoms with van der Waals surface area (Å²) in [6, 6.07) is 7.93. The van der Waals surface area contributed by atoms with Crippen molar-refractivity contribution in [2.45, 2.75) is 32.6 Å². The van der Waals surface area contributed by atoms with Crippen molar-refractivity contribution in [1.29, 1.82) is 0 Å². The molecule has 0 aromatic heterocycles. The first-order valence-electron chi connectivity index (χ1n) is 9.52. The van der Waals surface area contributed by atoms with Gasteiger partial charge in [0.15, 0.2) is 0 Å². The molecule has 1 saturated heterocycles. The minimum atomic E-state index is -3.47. The number of rotatable bonds is 9. The topological polar surface area (TPSA) is 79.0 Å². The van der Waals surface area contributed by atoms with Gasteiger partial charge in [0.25, 0.3) is 10.2 Å². The third-order valence-corrected chi connectivity index (χ3v) is 6.64. The highest BCUT2D eigenvalue weighted by molar-refractivity contribution is 7.86. The second kappa shape index (κ2) is 10.1. The molecule has 0 radical (unpaired) electrons. The van der Waals surface area contributed by atoms with Gasteiger partial charge in [-0.2, -0.15) is 17.0 Å². The Morgan fingerprint density at radius 3 is 2.78 bits per heavy atom. The molecule has 1 aromatic carbocycles. The Bertz CT molecular complexity index is 721. The van der Waals surface area contributed by atoms with E-state index in [1.54, 1.807) is 0 Å². The lowest BCUT2D eigenvalue weighted by Crippen LogP contribution is -2.48. The van der Waals surface area contributed by atoms with Gasteiger partial charge in [-0.15, -0.1) is 0 Å². The minimum absolute atomic E-state index is 0.0632. The second-order valence-electron chi connectivity index (χ2n) is 6.92. The van der Waals surface area contributed by atoms with Crippen LogP contribution >= 0.6 is 0 Å². The van der Waals surface area contributed by atoms with Crippen LogP contribution in [-0.2, 0) is 21.4 Å². The maximum atomic E-state index is 12.5. The molecule has 0 saturated carbocycles. The fraction of sp³-hybridized carbons (Fsp3) is 0.632. The van der Waals surface area contributed by atoms with E-state index in [1.807, 2.05) is 31.2 Å². The zero-order valence-corrected chi connectivity index (χ0v) is 17.3. The SMILES string of the molecule is CCOc1ccccc1CCCNC(=O)C1CCCN(S(=O)(=O)N(C)C)C1. The lowest BCUT2D eigenvalue weighted by Gasteiger charge is -2.32. The molecule has 152 valence electrons. The Morgan fingerprint density at radius 1 is 1.33 bits per heavy atom. The number of para-hydroxylation sites is 1. The Morgan fingerprint density at radius 2 is 2.07 bits per heavy atom. The van der Waals surface area contributed by atoms with Crippen LogP contribution in [0.4, 0.5) is 0 Å². The highest BCUT2D eigenvalue weighted by atomic mass is 32.2. The highest BCUT2D eigenvalue weighted by Gasteiger charge is 2.33. The lowest BCUT2D eigenvalue weighted by atomic mass is 9.99. The molecular weight excluding hydrogens is 366 g/mol. The van der Waals surface area contributed by atoms with Crippen LogP contribution in [0.2, 0.25) is 0 Å². The summed E-state index contributed by atoms with van der Waals surface area (Å²) >= 11 is 0. The third-order valence-electron chi connectivity index (χ3n) is 4.74. The smallest absolute Gasteiger partial charge is 0.281 e. The van der Waals surface area contributed by atoms with E-state index >= 15 is 0 Å². The number of nitrogens with one attached hydrogen (secondary N) is 1. The molecule has 27 heavy (non-hydrogen) atoms. The van der Waals surface area contributed by atoms with Crippen molar-refractivity contribution in [3.05, 3.63) is 29.8 Å². The number of benzene rings is 1. The van der Waals surface area contributed by atoms with Gasteiger partial charge in [0, 0.05) is 33.7 Å². The van der Waals surface area contributed by atoms with E-state index in [0.717, 1.165) is 30.6 Å². The lowest BCUT2D eigenvalue weighted by molar-refractivity contribution is -0.126. The standard InChI is InChI=1S/C19H31N3O4S/c1-4-26-18-12-6-5-9-16(18)10-7-13-20-19(23)17-11-8-14-22(15-17)27(24,25)21(2)3/h5-6,9,12,17H,4,7-8,10-11,13-15H2,1-3H3,(H,20,23). The van der Waals surface area contributed by atoms with Crippen LogP contribution in [0.3, 0.4) is 0 Å². The first kappa shape index (κ1) is 21.7. The van der Waals surface area contributed by atoms with Gasteiger partial charge in [0.2, 0.25) is 5.91 Å². The van der Waals surface area contributed by atoms with Gasteiger partial charge in [-0.1, -0.05) is 18.2 Å². The molecular formula is C19H31N3O4S. The molecule has 7 nitrogen and oxygen atoms in total. The number of hydrogen-bond donors (Lipinski definition) is 1. The van der Waals surface area contributed by atoms with Crippen LogP contribution in [0.5, 0.6) is 5.75 Å². The molecule has 1 aromatic rings. The van der Waals surface area contributed by atoms with Crippen molar-refractivity contribution in [1.82, 2.24) is 13.9 Å². The fourth-order valence-electron chi connectivity index (χ4n) is 3.24. The number of carbonyl (C=O) groups is 1. The maximum Gasteiger partial charge on any atom is 0.281 e. The summed E-state index contributed by atoms with van der Waals surface area (Å²) in [5.74, 6) is 0.541. The van der Waals surface area contributed by atoms with Crippen LogP contribution in [0.1, 0.15) is 31.7 Å². The highest BCUT2D eigenvalue weighted by Crippen LogP contribution is 2.21. The Labute approximate surface area is 162 Å². The molecule has 8 heteroatoms. The molecule has 1 aliphatic rings. The van der Waals surface area contributed by atoms with E-state index in [1.165, 1.54) is 22.7 Å². The summed E-state index contributed by atoms with van der Waals surface area (Å²) in [6.07, 6.45) is 3.05. The van der Waals surface area contributed by atoms with Crippen molar-refractivity contribution >= 4 is 16.1 Å². The first-order chi connectivity index (χ1) is 12.9. The van der Waals surface area contributed by atoms with Gasteiger partial charge in [-0.3, -0.25) is 4.79 Å². The van der Waals surface area contributed by atoms with Gasteiger partial charge >= 0.3 is 0 Å². The fourth-order valence-corrected chi connectivity index (χ4v) is 4.43. The van der Waals surface area contributed by atoms with E-state index in [4.69, 9.17) is 4.74 Å². The number of nitrogens with zero attached hydrogens (tertiary/aromatic N) is 2. The van der Waals surface area contributed by atoms with Crippen molar-refractivity contribution in [3.8, 4) is 5.75 Å². The zero-order chi connectivity index (χ0) is 19.9. The Balaban J connectivity index is 1.81. The van der Waals surface area contributed by atoms with Crippen LogP contribution in [0, 0.1) is 5.92 Å². The number of carbonyl (C=O) groups excluding carboxylic acids is 1. The molecule has 2 rings (SSSR count). The Kier molecular flexibility index (Phi) is 8.07. The predicted molar refractivity (Wildman–Crippen MR) is 106 cm³/mol. The van der Waals surface area contributed by atoms with Crippen LogP contribution in [0.25, 0.3) is 0 Å². The van der Waals surface area contributed by atoms with E-state index < -0.39 is 10.2 Å². The first-order valence-corrected chi connectivity index (χ1v) is 10.9. The van der Waals surface area contributed by atoms with Crippen molar-refractivity contribution in [2.24, 2.45) is 5.92 Å². The molecule has 1 heterocycles. The molecule has 1 N–H and O–H groups in total. The number of hydrogen-bond acceptors (Lipinski definition) is 4. The predicted octanol–water partition coefficient (Wildman–Crippen LogP) is 1.65. The number of ether oxygens (including phenoxy) is 1. The van der Waals surface area contributed by atoms with E-state index in [0.29, 0.717) is 26.1 Å². The molecule has 1 unspecified atom stereocenters. The quantitative estimate of drug-likeness (QED) is 0.643. The van der Waals surface area contributed by atoms with Crippen molar-refractivity contribution in [2.75, 3.05) is 40.3 Å². The largest absolute Gasteiger partial charge is 0.494 e. The average Bonchev–Trinajstić information content (AvgIpc) is 2.66. The van der Waals surface area contributed by atoms with Gasteiger partial charge in [-0.05, 0) is 44.2 Å². The van der Waals surface area contributed by atoms with E-state index in [9.17, 15) is 13.2 Å². The summed E-state index contributed by atoms with van der Waals surface area (Å²) < 4.78 is 32.7. The summed E-state index contributed by atoms with van der Waals surface area (Å²) in [5, 5.41) is 2.96. The summed E-state index contributed by atoms with van der Waals surface area (Å²) in [4.78, 5) is 12.5. The van der Waals surface area contributed by atoms with Crippen LogP contribution < -0.4 is 10.1 Å². The van der Waals surface area contributed by atoms with Gasteiger partial charge in [0.1, 0.15) is 5.75 Å². The number of aryl methyl sites for hydroxylation is 1. The Hall–Kier alpha value is -1.64. The normalized spacial score (nSPS) is 18.4. The van der Waals surface area contributed by atoms with Gasteiger partial charge in [-0.25, -0.2) is 0 Å². The van der Waals surface area contributed by atoms with E-state index in [2.05, 4.69) is 5.32 Å². The molecule has 1 fully saturated rings. The molecule has 1 atom stereocenters. The van der Waals surface area contributed by atoms with Gasteiger partial charge < -0.3 is 10.1 Å². The minimum Gasteiger partial charge on any atom is -0.494 e. The van der Waals surface area contributed by atoms with Gasteiger partial charge in [0.05, 0.1) is 12.5 Å². The summed E-state index contributed by atoms with van der Waals surface area (Å²) in [5.41, 5.74) is 1.13. The maximum absolute atomic E-state index is 12.5. The van der Waals surface area contributed by atoms with Crippen molar-refractivity contribution in [3.63, 3.8) is 0 Å². The number of amides is 1. The van der Waals surface area contributed by atoms with Crippen LogP contribution in [-0.4, -0.2) is 63.3 Å². The number of piperidine rings is 1. The third kappa shape index (κ3) is 5.92. The molecule has 1 aliphatic heterocycles. The average molecular weight is 398 g/mol. The summed E-state index contributed by atoms with van der Waals surface area (Å²) in [6.45, 7) is 3.87. The van der Waals surface area contributed by atoms with Crippen LogP contribution in [0.15, 0.2) is 24.3 Å². The summed E-state index contributed by atoms with van der Waals surface area (Å²) in [7, 11) is -0.439. The molecule has 1 amide bonds. The van der Waals surface area contributed by atoms with Crippen molar-refractivity contribution < 1.29 is 17.9 Å². The van der Waals surface area contributed by atoms with E-state index in [-0.39, 0.29) is 18.4 Å². The molecule has 0 aliphatic carbocycles.